The molecule has 11 heavy (non-hydrogen) atoms. The molecule has 0 spiro atoms. The number of hydrogen-bond acceptors (Lipinski definition) is 0. The van der Waals surface area contributed by atoms with E-state index in [1.807, 2.05) is 10.9 Å². The standard InChI is InChI=1S/C9H15N2/c1-5-11-6-9(8(2)3)10(4)7-11/h5-8H,1H2,2-4H3/q+1. The molecule has 0 aliphatic rings. The monoisotopic (exact) mass is 151 g/mol. The maximum absolute atomic E-state index is 3.69. The predicted octanol–water partition coefficient (Wildman–Crippen LogP) is 1.54. The third-order valence-electron chi connectivity index (χ3n) is 1.80. The minimum absolute atomic E-state index is 0.571. The molecule has 0 fully saturated rings. The van der Waals surface area contributed by atoms with Crippen molar-refractivity contribution in [1.29, 1.82) is 0 Å². The Morgan fingerprint density at radius 2 is 2.27 bits per heavy atom. The molecular formula is C9H15N2+. The molecule has 1 aromatic rings. The Kier molecular flexibility index (Phi) is 2.13. The van der Waals surface area contributed by atoms with Crippen molar-refractivity contribution in [2.75, 3.05) is 0 Å². The second-order valence-corrected chi connectivity index (χ2v) is 3.06. The lowest BCUT2D eigenvalue weighted by Crippen LogP contribution is -2.20. The molecule has 0 saturated heterocycles. The lowest BCUT2D eigenvalue weighted by Gasteiger charge is -1.96. The normalized spacial score (nSPS) is 10.5. The Balaban J connectivity index is 3.06. The third-order valence-corrected chi connectivity index (χ3v) is 1.80. The predicted molar refractivity (Wildman–Crippen MR) is 46.1 cm³/mol. The van der Waals surface area contributed by atoms with Gasteiger partial charge >= 0.3 is 0 Å². The van der Waals surface area contributed by atoms with Gasteiger partial charge in [0.15, 0.2) is 0 Å². The van der Waals surface area contributed by atoms with Gasteiger partial charge in [0.05, 0.1) is 13.2 Å². The van der Waals surface area contributed by atoms with Crippen LogP contribution in [0.2, 0.25) is 0 Å². The lowest BCUT2D eigenvalue weighted by atomic mass is 10.1. The summed E-state index contributed by atoms with van der Waals surface area (Å²) in [6.45, 7) is 8.06. The van der Waals surface area contributed by atoms with E-state index in [0.29, 0.717) is 5.92 Å². The summed E-state index contributed by atoms with van der Waals surface area (Å²) in [6, 6.07) is 0. The van der Waals surface area contributed by atoms with Crippen molar-refractivity contribution in [3.05, 3.63) is 24.8 Å². The summed E-state index contributed by atoms with van der Waals surface area (Å²) in [6.07, 6.45) is 5.91. The first kappa shape index (κ1) is 8.05. The minimum Gasteiger partial charge on any atom is -0.236 e. The summed E-state index contributed by atoms with van der Waals surface area (Å²) in [5.74, 6) is 0.571. The molecule has 2 heteroatoms. The van der Waals surface area contributed by atoms with Crippen LogP contribution >= 0.6 is 0 Å². The molecule has 0 aliphatic carbocycles. The lowest BCUT2D eigenvalue weighted by molar-refractivity contribution is -0.567. The third kappa shape index (κ3) is 1.50. The van der Waals surface area contributed by atoms with Crippen LogP contribution in [0.4, 0.5) is 0 Å². The van der Waals surface area contributed by atoms with Gasteiger partial charge in [0.1, 0.15) is 11.9 Å². The first-order valence-electron chi connectivity index (χ1n) is 3.84. The number of hydrogen-bond donors (Lipinski definition) is 0. The van der Waals surface area contributed by atoms with Gasteiger partial charge in [0.2, 0.25) is 6.33 Å². The van der Waals surface area contributed by atoms with Crippen molar-refractivity contribution in [2.45, 2.75) is 19.8 Å². The zero-order valence-electron chi connectivity index (χ0n) is 7.41. The Morgan fingerprint density at radius 1 is 1.64 bits per heavy atom. The fourth-order valence-corrected chi connectivity index (χ4v) is 1.20. The van der Waals surface area contributed by atoms with Crippen LogP contribution in [0.5, 0.6) is 0 Å². The molecule has 2 nitrogen and oxygen atoms in total. The highest BCUT2D eigenvalue weighted by Gasteiger charge is 2.11. The van der Waals surface area contributed by atoms with Crippen LogP contribution < -0.4 is 4.57 Å². The molecule has 0 bridgehead atoms. The number of imidazole rings is 1. The van der Waals surface area contributed by atoms with Gasteiger partial charge in [-0.05, 0) is 0 Å². The van der Waals surface area contributed by atoms with Crippen LogP contribution in [0.25, 0.3) is 6.20 Å². The quantitative estimate of drug-likeness (QED) is 0.567. The van der Waals surface area contributed by atoms with Crippen LogP contribution in [0.3, 0.4) is 0 Å². The molecule has 1 rings (SSSR count). The molecule has 1 aromatic heterocycles. The van der Waals surface area contributed by atoms with E-state index < -0.39 is 0 Å². The smallest absolute Gasteiger partial charge is 0.236 e. The number of rotatable bonds is 2. The molecular weight excluding hydrogens is 136 g/mol. The molecule has 0 atom stereocenters. The van der Waals surface area contributed by atoms with Crippen LogP contribution in [0, 0.1) is 0 Å². The number of aryl methyl sites for hydroxylation is 1. The maximum Gasteiger partial charge on any atom is 0.248 e. The van der Waals surface area contributed by atoms with E-state index in [2.05, 4.69) is 38.2 Å². The summed E-state index contributed by atoms with van der Waals surface area (Å²) in [7, 11) is 2.05. The van der Waals surface area contributed by atoms with Crippen molar-refractivity contribution < 1.29 is 4.57 Å². The summed E-state index contributed by atoms with van der Waals surface area (Å²) in [5, 5.41) is 0. The highest BCUT2D eigenvalue weighted by Crippen LogP contribution is 2.10. The van der Waals surface area contributed by atoms with Gasteiger partial charge in [0, 0.05) is 5.92 Å². The van der Waals surface area contributed by atoms with Crippen LogP contribution in [0.15, 0.2) is 19.1 Å². The van der Waals surface area contributed by atoms with E-state index in [4.69, 9.17) is 0 Å². The van der Waals surface area contributed by atoms with Gasteiger partial charge in [-0.25, -0.2) is 9.13 Å². The fourth-order valence-electron chi connectivity index (χ4n) is 1.20. The van der Waals surface area contributed by atoms with E-state index in [0.717, 1.165) is 0 Å². The van der Waals surface area contributed by atoms with Crippen LogP contribution in [0.1, 0.15) is 25.5 Å². The molecule has 0 aliphatic heterocycles. The first-order valence-corrected chi connectivity index (χ1v) is 3.84. The molecule has 0 saturated carbocycles. The Morgan fingerprint density at radius 3 is 2.55 bits per heavy atom. The second kappa shape index (κ2) is 2.91. The Hall–Kier alpha value is -1.05. The Labute approximate surface area is 67.8 Å². The van der Waals surface area contributed by atoms with Gasteiger partial charge in [0.25, 0.3) is 0 Å². The van der Waals surface area contributed by atoms with Crippen molar-refractivity contribution >= 4 is 6.20 Å². The van der Waals surface area contributed by atoms with E-state index in [9.17, 15) is 0 Å². The van der Waals surface area contributed by atoms with Crippen molar-refractivity contribution in [3.8, 4) is 0 Å². The van der Waals surface area contributed by atoms with E-state index in [1.165, 1.54) is 5.69 Å². The van der Waals surface area contributed by atoms with E-state index >= 15 is 0 Å². The summed E-state index contributed by atoms with van der Waals surface area (Å²) < 4.78 is 4.08. The molecule has 60 valence electrons. The first-order chi connectivity index (χ1) is 5.15. The van der Waals surface area contributed by atoms with Crippen molar-refractivity contribution in [2.24, 2.45) is 7.05 Å². The highest BCUT2D eigenvalue weighted by molar-refractivity contribution is 5.03. The van der Waals surface area contributed by atoms with Gasteiger partial charge in [-0.2, -0.15) is 0 Å². The zero-order valence-corrected chi connectivity index (χ0v) is 7.41. The number of nitrogens with zero attached hydrogens (tertiary/aromatic N) is 2. The second-order valence-electron chi connectivity index (χ2n) is 3.06. The average Bonchev–Trinajstić information content (AvgIpc) is 2.30. The van der Waals surface area contributed by atoms with Crippen LogP contribution in [-0.2, 0) is 7.05 Å². The maximum atomic E-state index is 3.69. The summed E-state index contributed by atoms with van der Waals surface area (Å²) in [4.78, 5) is 0. The molecule has 1 heterocycles. The van der Waals surface area contributed by atoms with Gasteiger partial charge in [-0.1, -0.05) is 20.4 Å². The molecule has 0 unspecified atom stereocenters. The Bertz CT molecular complexity index is 259. The summed E-state index contributed by atoms with van der Waals surface area (Å²) >= 11 is 0. The van der Waals surface area contributed by atoms with E-state index in [-0.39, 0.29) is 0 Å². The topological polar surface area (TPSA) is 8.81 Å². The molecule has 0 aromatic carbocycles. The van der Waals surface area contributed by atoms with Gasteiger partial charge in [-0.3, -0.25) is 0 Å². The minimum atomic E-state index is 0.571. The zero-order chi connectivity index (χ0) is 8.43. The van der Waals surface area contributed by atoms with Gasteiger partial charge in [-0.15, -0.1) is 0 Å². The molecule has 0 N–H and O–H groups in total. The largest absolute Gasteiger partial charge is 0.248 e. The average molecular weight is 151 g/mol. The molecule has 0 amide bonds. The highest BCUT2D eigenvalue weighted by atomic mass is 15.1. The van der Waals surface area contributed by atoms with E-state index in [1.54, 1.807) is 6.20 Å². The number of aromatic nitrogens is 2. The SMILES string of the molecule is C=C[n+]1cc(C(C)C)n(C)c1. The summed E-state index contributed by atoms with van der Waals surface area (Å²) in [5.41, 5.74) is 1.32. The van der Waals surface area contributed by atoms with Crippen molar-refractivity contribution in [3.63, 3.8) is 0 Å². The fraction of sp³-hybridized carbons (Fsp3) is 0.444. The van der Waals surface area contributed by atoms with Crippen molar-refractivity contribution in [1.82, 2.24) is 4.57 Å². The molecule has 0 radical (unpaired) electrons. The van der Waals surface area contributed by atoms with Gasteiger partial charge < -0.3 is 0 Å². The van der Waals surface area contributed by atoms with Crippen LogP contribution in [-0.4, -0.2) is 4.57 Å².